The molecular weight excluding hydrogens is 332 g/mol. The average molecular weight is 352 g/mol. The summed E-state index contributed by atoms with van der Waals surface area (Å²) in [4.78, 5) is 30.2. The van der Waals surface area contributed by atoms with Crippen molar-refractivity contribution in [2.75, 3.05) is 7.11 Å². The molecule has 0 spiro atoms. The Kier molecular flexibility index (Phi) is 5.02. The summed E-state index contributed by atoms with van der Waals surface area (Å²) in [6.45, 7) is 4.01. The lowest BCUT2D eigenvalue weighted by atomic mass is 10.1. The number of nitrogens with zero attached hydrogens (tertiary/aromatic N) is 2. The molecule has 0 radical (unpaired) electrons. The molecule has 1 aromatic heterocycles. The number of oxazole rings is 1. The van der Waals surface area contributed by atoms with Crippen LogP contribution in [0.3, 0.4) is 0 Å². The van der Waals surface area contributed by atoms with E-state index in [0.29, 0.717) is 5.56 Å². The van der Waals surface area contributed by atoms with E-state index in [4.69, 9.17) is 4.42 Å². The first kappa shape index (κ1) is 17.7. The van der Waals surface area contributed by atoms with Crippen LogP contribution in [0.15, 0.2) is 53.1 Å². The van der Waals surface area contributed by atoms with Crippen LogP contribution in [0.2, 0.25) is 0 Å². The topological polar surface area (TPSA) is 72.6 Å². The summed E-state index contributed by atoms with van der Waals surface area (Å²) in [7, 11) is 1.28. The van der Waals surface area contributed by atoms with E-state index >= 15 is 0 Å². The van der Waals surface area contributed by atoms with E-state index < -0.39 is 5.97 Å². The van der Waals surface area contributed by atoms with Gasteiger partial charge in [-0.05, 0) is 36.8 Å². The number of ether oxygens (including phenoxy) is 1. The predicted octanol–water partition coefficient (Wildman–Crippen LogP) is 3.67. The average Bonchev–Trinajstić information content (AvgIpc) is 3.13. The fourth-order valence-corrected chi connectivity index (χ4v) is 2.70. The quantitative estimate of drug-likeness (QED) is 0.655. The molecule has 3 rings (SSSR count). The van der Waals surface area contributed by atoms with Gasteiger partial charge >= 0.3 is 5.97 Å². The molecule has 1 amide bonds. The third kappa shape index (κ3) is 3.59. The second kappa shape index (κ2) is 7.39. The van der Waals surface area contributed by atoms with Crippen molar-refractivity contribution >= 4 is 22.6 Å². The van der Waals surface area contributed by atoms with Crippen LogP contribution in [-0.4, -0.2) is 34.9 Å². The van der Waals surface area contributed by atoms with Gasteiger partial charge < -0.3 is 14.1 Å². The number of hydrogen-bond acceptors (Lipinski definition) is 5. The summed E-state index contributed by atoms with van der Waals surface area (Å²) >= 11 is 0. The highest BCUT2D eigenvalue weighted by atomic mass is 16.5. The maximum atomic E-state index is 13.0. The monoisotopic (exact) mass is 352 g/mol. The van der Waals surface area contributed by atoms with Gasteiger partial charge in [-0.3, -0.25) is 4.79 Å². The summed E-state index contributed by atoms with van der Waals surface area (Å²) in [5, 5.41) is 2.08. The standard InChI is InChI=1S/C20H20N2O4/c1-13(2)22(11-18-21-17(12-26-18)20(24)25-3)19(23)16-9-8-14-6-4-5-7-15(14)10-16/h4-10,12-13H,11H2,1-3H3. The minimum atomic E-state index is -0.572. The molecule has 0 atom stereocenters. The Balaban J connectivity index is 1.85. The Morgan fingerprint density at radius 1 is 1.15 bits per heavy atom. The molecule has 0 aliphatic rings. The molecule has 0 aliphatic carbocycles. The van der Waals surface area contributed by atoms with Gasteiger partial charge in [-0.2, -0.15) is 0 Å². The maximum Gasteiger partial charge on any atom is 0.360 e. The van der Waals surface area contributed by atoms with Gasteiger partial charge in [-0.15, -0.1) is 0 Å². The van der Waals surface area contributed by atoms with Crippen LogP contribution in [0, 0.1) is 0 Å². The first-order valence-corrected chi connectivity index (χ1v) is 8.32. The highest BCUT2D eigenvalue weighted by Crippen LogP contribution is 2.19. The van der Waals surface area contributed by atoms with Gasteiger partial charge in [-0.25, -0.2) is 9.78 Å². The molecule has 0 bridgehead atoms. The van der Waals surface area contributed by atoms with Crippen LogP contribution in [0.1, 0.15) is 40.6 Å². The number of amides is 1. The van der Waals surface area contributed by atoms with E-state index in [1.54, 1.807) is 4.90 Å². The summed E-state index contributed by atoms with van der Waals surface area (Å²) < 4.78 is 9.94. The summed E-state index contributed by atoms with van der Waals surface area (Å²) in [6.07, 6.45) is 1.24. The molecule has 26 heavy (non-hydrogen) atoms. The van der Waals surface area contributed by atoms with Crippen molar-refractivity contribution in [3.63, 3.8) is 0 Å². The van der Waals surface area contributed by atoms with E-state index in [-0.39, 0.29) is 30.1 Å². The van der Waals surface area contributed by atoms with Crippen LogP contribution in [-0.2, 0) is 11.3 Å². The molecule has 6 heteroatoms. The Labute approximate surface area is 151 Å². The second-order valence-electron chi connectivity index (χ2n) is 6.21. The minimum Gasteiger partial charge on any atom is -0.464 e. The van der Waals surface area contributed by atoms with E-state index in [1.165, 1.54) is 13.4 Å². The van der Waals surface area contributed by atoms with Gasteiger partial charge in [0.2, 0.25) is 5.89 Å². The lowest BCUT2D eigenvalue weighted by Gasteiger charge is -2.25. The number of esters is 1. The molecule has 0 N–H and O–H groups in total. The number of rotatable bonds is 5. The fourth-order valence-electron chi connectivity index (χ4n) is 2.70. The van der Waals surface area contributed by atoms with Crippen molar-refractivity contribution < 1.29 is 18.7 Å². The Morgan fingerprint density at radius 2 is 1.88 bits per heavy atom. The molecule has 6 nitrogen and oxygen atoms in total. The normalized spacial score (nSPS) is 10.9. The van der Waals surface area contributed by atoms with Gasteiger partial charge in [0.25, 0.3) is 5.91 Å². The second-order valence-corrected chi connectivity index (χ2v) is 6.21. The Morgan fingerprint density at radius 3 is 2.58 bits per heavy atom. The molecular formula is C20H20N2O4. The molecule has 0 aliphatic heterocycles. The number of carbonyl (C=O) groups is 2. The first-order chi connectivity index (χ1) is 12.5. The molecule has 0 fully saturated rings. The lowest BCUT2D eigenvalue weighted by molar-refractivity contribution is 0.0593. The number of aromatic nitrogens is 1. The fraction of sp³-hybridized carbons (Fsp3) is 0.250. The zero-order chi connectivity index (χ0) is 18.7. The van der Waals surface area contributed by atoms with E-state index in [1.807, 2.05) is 56.3 Å². The molecule has 2 aromatic carbocycles. The van der Waals surface area contributed by atoms with Crippen molar-refractivity contribution in [3.8, 4) is 0 Å². The van der Waals surface area contributed by atoms with Crippen molar-refractivity contribution in [1.29, 1.82) is 0 Å². The van der Waals surface area contributed by atoms with Gasteiger partial charge in [0.15, 0.2) is 5.69 Å². The SMILES string of the molecule is COC(=O)c1coc(CN(C(=O)c2ccc3ccccc3c2)C(C)C)n1. The molecule has 134 valence electrons. The lowest BCUT2D eigenvalue weighted by Crippen LogP contribution is -2.36. The summed E-state index contributed by atoms with van der Waals surface area (Å²) in [5.41, 5.74) is 0.682. The van der Waals surface area contributed by atoms with E-state index in [9.17, 15) is 9.59 Å². The van der Waals surface area contributed by atoms with Crippen molar-refractivity contribution in [2.24, 2.45) is 0 Å². The third-order valence-electron chi connectivity index (χ3n) is 4.13. The van der Waals surface area contributed by atoms with Crippen LogP contribution in [0.4, 0.5) is 0 Å². The van der Waals surface area contributed by atoms with Crippen molar-refractivity contribution in [3.05, 3.63) is 65.9 Å². The van der Waals surface area contributed by atoms with Crippen LogP contribution < -0.4 is 0 Å². The van der Waals surface area contributed by atoms with Crippen LogP contribution >= 0.6 is 0 Å². The molecule has 1 heterocycles. The van der Waals surface area contributed by atoms with Gasteiger partial charge in [-0.1, -0.05) is 30.3 Å². The van der Waals surface area contributed by atoms with Gasteiger partial charge in [0.05, 0.1) is 13.7 Å². The van der Waals surface area contributed by atoms with Crippen LogP contribution in [0.5, 0.6) is 0 Å². The number of hydrogen-bond donors (Lipinski definition) is 0. The molecule has 3 aromatic rings. The van der Waals surface area contributed by atoms with Crippen molar-refractivity contribution in [2.45, 2.75) is 26.4 Å². The summed E-state index contributed by atoms with van der Waals surface area (Å²) in [5.74, 6) is -0.409. The highest BCUT2D eigenvalue weighted by molar-refractivity contribution is 5.98. The van der Waals surface area contributed by atoms with E-state index in [0.717, 1.165) is 10.8 Å². The minimum absolute atomic E-state index is 0.0672. The van der Waals surface area contributed by atoms with Crippen LogP contribution in [0.25, 0.3) is 10.8 Å². The Bertz CT molecular complexity index is 946. The number of carbonyl (C=O) groups excluding carboxylic acids is 2. The number of benzene rings is 2. The van der Waals surface area contributed by atoms with Gasteiger partial charge in [0, 0.05) is 11.6 Å². The van der Waals surface area contributed by atoms with Crippen molar-refractivity contribution in [1.82, 2.24) is 9.88 Å². The maximum absolute atomic E-state index is 13.0. The molecule has 0 saturated heterocycles. The smallest absolute Gasteiger partial charge is 0.360 e. The molecule has 0 unspecified atom stereocenters. The largest absolute Gasteiger partial charge is 0.464 e. The zero-order valence-corrected chi connectivity index (χ0v) is 14.9. The van der Waals surface area contributed by atoms with Gasteiger partial charge in [0.1, 0.15) is 6.26 Å². The Hall–Kier alpha value is -3.15. The third-order valence-corrected chi connectivity index (χ3v) is 4.13. The van der Waals surface area contributed by atoms with E-state index in [2.05, 4.69) is 9.72 Å². The zero-order valence-electron chi connectivity index (χ0n) is 14.9. The summed E-state index contributed by atoms with van der Waals surface area (Å²) in [6, 6.07) is 13.4. The predicted molar refractivity (Wildman–Crippen MR) is 96.8 cm³/mol. The number of fused-ring (bicyclic) bond motifs is 1. The highest BCUT2D eigenvalue weighted by Gasteiger charge is 2.22. The number of methoxy groups -OCH3 is 1. The first-order valence-electron chi connectivity index (χ1n) is 8.32. The molecule has 0 saturated carbocycles.